The minimum atomic E-state index is -0.694. The van der Waals surface area contributed by atoms with Gasteiger partial charge >= 0.3 is 0 Å². The Hall–Kier alpha value is -3.80. The number of hydrogen-bond acceptors (Lipinski definition) is 5. The van der Waals surface area contributed by atoms with Crippen molar-refractivity contribution in [1.29, 1.82) is 0 Å². The van der Waals surface area contributed by atoms with E-state index in [9.17, 15) is 10.1 Å². The van der Waals surface area contributed by atoms with E-state index in [1.54, 1.807) is 31.2 Å². The van der Waals surface area contributed by atoms with E-state index in [0.29, 0.717) is 34.9 Å². The average Bonchev–Trinajstić information content (AvgIpc) is 2.72. The average molecular weight is 404 g/mol. The van der Waals surface area contributed by atoms with Gasteiger partial charge in [0.25, 0.3) is 5.69 Å². The van der Waals surface area contributed by atoms with Crippen molar-refractivity contribution >= 4 is 11.4 Å². The van der Waals surface area contributed by atoms with Crippen LogP contribution in [0.15, 0.2) is 73.3 Å². The number of hydrogen-bond donors (Lipinski definition) is 1. The number of nitrogens with zero attached hydrogens (tertiary/aromatic N) is 1. The molecular weight excluding hydrogens is 380 g/mol. The van der Waals surface area contributed by atoms with Crippen molar-refractivity contribution in [3.63, 3.8) is 0 Å². The van der Waals surface area contributed by atoms with Crippen LogP contribution >= 0.6 is 0 Å². The van der Waals surface area contributed by atoms with Crippen molar-refractivity contribution in [3.8, 4) is 11.5 Å². The topological polar surface area (TPSA) is 87.6 Å². The predicted molar refractivity (Wildman–Crippen MR) is 118 cm³/mol. The molecular formula is C24H24N2O4. The zero-order valence-corrected chi connectivity index (χ0v) is 17.0. The number of nitro groups is 1. The number of benzene rings is 3. The maximum atomic E-state index is 11.9. The largest absolute Gasteiger partial charge is 0.489 e. The summed E-state index contributed by atoms with van der Waals surface area (Å²) < 4.78 is 12.0. The highest BCUT2D eigenvalue weighted by Crippen LogP contribution is 2.38. The first-order valence-corrected chi connectivity index (χ1v) is 9.51. The number of nitro benzene ring substituents is 1. The number of nitrogen functional groups attached to an aromatic ring is 1. The monoisotopic (exact) mass is 404 g/mol. The van der Waals surface area contributed by atoms with E-state index in [0.717, 1.165) is 11.1 Å². The highest BCUT2D eigenvalue weighted by molar-refractivity contribution is 5.62. The third kappa shape index (κ3) is 4.60. The van der Waals surface area contributed by atoms with Crippen molar-refractivity contribution in [1.82, 2.24) is 0 Å². The van der Waals surface area contributed by atoms with Gasteiger partial charge in [0.1, 0.15) is 18.1 Å². The van der Waals surface area contributed by atoms with Crippen LogP contribution in [0, 0.1) is 24.0 Å². The fourth-order valence-corrected chi connectivity index (χ4v) is 3.29. The molecule has 6 heteroatoms. The molecule has 0 aromatic heterocycles. The van der Waals surface area contributed by atoms with Crippen LogP contribution in [0.5, 0.6) is 11.5 Å². The lowest BCUT2D eigenvalue weighted by Gasteiger charge is -2.22. The first-order chi connectivity index (χ1) is 14.4. The minimum Gasteiger partial charge on any atom is -0.489 e. The van der Waals surface area contributed by atoms with Crippen LogP contribution in [-0.4, -0.2) is 11.5 Å². The number of ether oxygens (including phenoxy) is 2. The number of rotatable bonds is 8. The fourth-order valence-electron chi connectivity index (χ4n) is 3.29. The van der Waals surface area contributed by atoms with Gasteiger partial charge in [-0.2, -0.15) is 0 Å². The number of nitrogens with two attached hydrogens (primary N) is 1. The summed E-state index contributed by atoms with van der Waals surface area (Å²) in [6.07, 6.45) is 0.968. The van der Waals surface area contributed by atoms with Gasteiger partial charge in [-0.25, -0.2) is 0 Å². The van der Waals surface area contributed by atoms with E-state index in [1.807, 2.05) is 49.4 Å². The summed E-state index contributed by atoms with van der Waals surface area (Å²) in [6, 6.07) is 18.2. The van der Waals surface area contributed by atoms with E-state index < -0.39 is 11.0 Å². The van der Waals surface area contributed by atoms with E-state index >= 15 is 0 Å². The van der Waals surface area contributed by atoms with Gasteiger partial charge < -0.3 is 15.2 Å². The molecule has 3 rings (SSSR count). The summed E-state index contributed by atoms with van der Waals surface area (Å²) in [7, 11) is 0. The van der Waals surface area contributed by atoms with E-state index in [1.165, 1.54) is 0 Å². The first kappa shape index (κ1) is 20.9. The van der Waals surface area contributed by atoms with Gasteiger partial charge in [-0.15, -0.1) is 0 Å². The SMILES string of the molecule is C=CCOc1cc(C)cc(OC(c2ccccc2)c2ccc(N)c(C)c2[N+](=O)[O-])c1. The molecule has 0 spiro atoms. The molecule has 154 valence electrons. The highest BCUT2D eigenvalue weighted by Gasteiger charge is 2.28. The Morgan fingerprint density at radius 3 is 2.47 bits per heavy atom. The summed E-state index contributed by atoms with van der Waals surface area (Å²) in [6.45, 7) is 7.61. The van der Waals surface area contributed by atoms with Crippen LogP contribution in [0.3, 0.4) is 0 Å². The molecule has 1 atom stereocenters. The Bertz CT molecular complexity index is 1060. The normalized spacial score (nSPS) is 11.5. The molecule has 0 saturated carbocycles. The van der Waals surface area contributed by atoms with Crippen LogP contribution in [0.25, 0.3) is 0 Å². The Kier molecular flexibility index (Phi) is 6.37. The van der Waals surface area contributed by atoms with Crippen LogP contribution in [0.1, 0.15) is 28.4 Å². The van der Waals surface area contributed by atoms with Crippen LogP contribution in [0.2, 0.25) is 0 Å². The second-order valence-electron chi connectivity index (χ2n) is 6.96. The zero-order chi connectivity index (χ0) is 21.7. The molecule has 0 aliphatic rings. The molecule has 2 N–H and O–H groups in total. The lowest BCUT2D eigenvalue weighted by atomic mass is 9.96. The van der Waals surface area contributed by atoms with Gasteiger partial charge in [-0.1, -0.05) is 43.0 Å². The summed E-state index contributed by atoms with van der Waals surface area (Å²) >= 11 is 0. The van der Waals surface area contributed by atoms with Gasteiger partial charge in [0, 0.05) is 11.8 Å². The standard InChI is InChI=1S/C24H24N2O4/c1-4-12-29-19-13-16(2)14-20(15-19)30-24(18-8-6-5-7-9-18)21-10-11-22(25)17(3)23(21)26(27)28/h4-11,13-15,24H,1,12,25H2,2-3H3. The first-order valence-electron chi connectivity index (χ1n) is 9.51. The molecule has 6 nitrogen and oxygen atoms in total. The molecule has 3 aromatic carbocycles. The molecule has 0 heterocycles. The number of anilines is 1. The highest BCUT2D eigenvalue weighted by atomic mass is 16.6. The summed E-state index contributed by atoms with van der Waals surface area (Å²) in [5.41, 5.74) is 8.85. The molecule has 0 radical (unpaired) electrons. The van der Waals surface area contributed by atoms with Crippen molar-refractivity contribution in [3.05, 3.63) is 106 Å². The molecule has 0 saturated heterocycles. The predicted octanol–water partition coefficient (Wildman–Crippen LogP) is 5.53. The Labute approximate surface area is 175 Å². The molecule has 1 unspecified atom stereocenters. The van der Waals surface area contributed by atoms with Gasteiger partial charge in [0.2, 0.25) is 0 Å². The second kappa shape index (κ2) is 9.13. The zero-order valence-electron chi connectivity index (χ0n) is 17.0. The molecule has 0 bridgehead atoms. The Morgan fingerprint density at radius 2 is 1.80 bits per heavy atom. The van der Waals surface area contributed by atoms with E-state index in [-0.39, 0.29) is 5.69 Å². The van der Waals surface area contributed by atoms with Crippen molar-refractivity contribution in [2.75, 3.05) is 12.3 Å². The van der Waals surface area contributed by atoms with Gasteiger partial charge in [-0.05, 0) is 49.2 Å². The van der Waals surface area contributed by atoms with Crippen LogP contribution < -0.4 is 15.2 Å². The maximum Gasteiger partial charge on any atom is 0.281 e. The van der Waals surface area contributed by atoms with Crippen LogP contribution in [0.4, 0.5) is 11.4 Å². The van der Waals surface area contributed by atoms with Crippen LogP contribution in [-0.2, 0) is 0 Å². The molecule has 0 aliphatic heterocycles. The quantitative estimate of drug-likeness (QED) is 0.231. The lowest BCUT2D eigenvalue weighted by Crippen LogP contribution is -2.13. The van der Waals surface area contributed by atoms with Gasteiger partial charge in [0.05, 0.1) is 16.1 Å². The smallest absolute Gasteiger partial charge is 0.281 e. The van der Waals surface area contributed by atoms with E-state index in [4.69, 9.17) is 15.2 Å². The molecule has 0 fully saturated rings. The third-order valence-electron chi connectivity index (χ3n) is 4.72. The van der Waals surface area contributed by atoms with Crippen molar-refractivity contribution in [2.24, 2.45) is 0 Å². The van der Waals surface area contributed by atoms with Crippen molar-refractivity contribution < 1.29 is 14.4 Å². The van der Waals surface area contributed by atoms with Gasteiger partial charge in [-0.3, -0.25) is 10.1 Å². The molecule has 0 amide bonds. The molecule has 30 heavy (non-hydrogen) atoms. The van der Waals surface area contributed by atoms with E-state index in [2.05, 4.69) is 6.58 Å². The van der Waals surface area contributed by atoms with Gasteiger partial charge in [0.15, 0.2) is 6.10 Å². The molecule has 0 aliphatic carbocycles. The summed E-state index contributed by atoms with van der Waals surface area (Å²) in [5.74, 6) is 1.19. The summed E-state index contributed by atoms with van der Waals surface area (Å²) in [5, 5.41) is 11.9. The fraction of sp³-hybridized carbons (Fsp3) is 0.167. The number of aryl methyl sites for hydroxylation is 1. The second-order valence-corrected chi connectivity index (χ2v) is 6.96. The Balaban J connectivity index is 2.11. The summed E-state index contributed by atoms with van der Waals surface area (Å²) in [4.78, 5) is 11.5. The third-order valence-corrected chi connectivity index (χ3v) is 4.72. The Morgan fingerprint density at radius 1 is 1.10 bits per heavy atom. The van der Waals surface area contributed by atoms with Crippen molar-refractivity contribution in [2.45, 2.75) is 20.0 Å². The lowest BCUT2D eigenvalue weighted by molar-refractivity contribution is -0.386. The minimum absolute atomic E-state index is 0.0420. The molecule has 3 aromatic rings. The maximum absolute atomic E-state index is 11.9.